The van der Waals surface area contributed by atoms with Crippen LogP contribution in [0.15, 0.2) is 133 Å². The van der Waals surface area contributed by atoms with Crippen molar-refractivity contribution in [1.29, 1.82) is 0 Å². The molecular weight excluding hydrogens is 460 g/mol. The summed E-state index contributed by atoms with van der Waals surface area (Å²) in [6.45, 7) is 0. The highest BCUT2D eigenvalue weighted by Gasteiger charge is 2.27. The van der Waals surface area contributed by atoms with E-state index >= 15 is 0 Å². The molecule has 0 atom stereocenters. The Hall–Kier alpha value is -5.08. The number of hydrogen-bond acceptors (Lipinski definition) is 0. The van der Waals surface area contributed by atoms with Crippen LogP contribution in [-0.4, -0.2) is 9.13 Å². The zero-order chi connectivity index (χ0) is 24.8. The predicted octanol–water partition coefficient (Wildman–Crippen LogP) is 9.53. The van der Waals surface area contributed by atoms with E-state index < -0.39 is 0 Å². The van der Waals surface area contributed by atoms with Gasteiger partial charge in [-0.3, -0.25) is 0 Å². The van der Waals surface area contributed by atoms with E-state index in [9.17, 15) is 0 Å². The molecule has 2 nitrogen and oxygen atoms in total. The molecular formula is C36H22N2. The topological polar surface area (TPSA) is 9.86 Å². The fraction of sp³-hybridized carbons (Fsp3) is 0. The summed E-state index contributed by atoms with van der Waals surface area (Å²) in [7, 11) is 0. The second-order valence-corrected chi connectivity index (χ2v) is 10.1. The van der Waals surface area contributed by atoms with E-state index in [1.54, 1.807) is 0 Å². The van der Waals surface area contributed by atoms with E-state index in [2.05, 4.69) is 143 Å². The molecule has 8 aromatic rings. The lowest BCUT2D eigenvalue weighted by Gasteiger charge is -2.12. The molecule has 0 unspecified atom stereocenters. The Kier molecular flexibility index (Phi) is 3.82. The Labute approximate surface area is 219 Å². The summed E-state index contributed by atoms with van der Waals surface area (Å²) in [5.74, 6) is 0. The lowest BCUT2D eigenvalue weighted by molar-refractivity contribution is 1.18. The van der Waals surface area contributed by atoms with Crippen LogP contribution in [0.5, 0.6) is 0 Å². The van der Waals surface area contributed by atoms with Crippen molar-refractivity contribution in [2.24, 2.45) is 0 Å². The van der Waals surface area contributed by atoms with Crippen molar-refractivity contribution in [3.63, 3.8) is 0 Å². The first-order chi connectivity index (χ1) is 18.9. The van der Waals surface area contributed by atoms with Crippen molar-refractivity contribution in [3.8, 4) is 33.6 Å². The summed E-state index contributed by atoms with van der Waals surface area (Å²) < 4.78 is 4.96. The first kappa shape index (κ1) is 20.0. The molecule has 0 saturated carbocycles. The average Bonchev–Trinajstić information content (AvgIpc) is 3.46. The average molecular weight is 483 g/mol. The van der Waals surface area contributed by atoms with Crippen LogP contribution in [-0.2, 0) is 0 Å². The van der Waals surface area contributed by atoms with Crippen molar-refractivity contribution < 1.29 is 0 Å². The smallest absolute Gasteiger partial charge is 0.0641 e. The third-order valence-corrected chi connectivity index (χ3v) is 8.24. The Bertz CT molecular complexity index is 2230. The number of para-hydroxylation sites is 4. The fourth-order valence-electron chi connectivity index (χ4n) is 6.75. The van der Waals surface area contributed by atoms with Crippen molar-refractivity contribution >= 4 is 43.6 Å². The second kappa shape index (κ2) is 7.24. The Morgan fingerprint density at radius 3 is 1.74 bits per heavy atom. The van der Waals surface area contributed by atoms with Gasteiger partial charge >= 0.3 is 0 Å². The molecule has 6 aromatic carbocycles. The first-order valence-electron chi connectivity index (χ1n) is 13.1. The van der Waals surface area contributed by atoms with Crippen LogP contribution in [0.4, 0.5) is 0 Å². The highest BCUT2D eigenvalue weighted by molar-refractivity contribution is 6.30. The number of aromatic nitrogens is 2. The van der Waals surface area contributed by atoms with Crippen LogP contribution >= 0.6 is 0 Å². The van der Waals surface area contributed by atoms with Crippen molar-refractivity contribution in [1.82, 2.24) is 9.13 Å². The zero-order valence-corrected chi connectivity index (χ0v) is 20.6. The van der Waals surface area contributed by atoms with Gasteiger partial charge in [-0.05, 0) is 47.5 Å². The minimum Gasteiger partial charge on any atom is -0.309 e. The summed E-state index contributed by atoms with van der Waals surface area (Å²) in [6, 6.07) is 48.7. The highest BCUT2D eigenvalue weighted by atomic mass is 15.0. The van der Waals surface area contributed by atoms with Crippen LogP contribution in [0.1, 0.15) is 0 Å². The molecule has 2 aromatic heterocycles. The third-order valence-electron chi connectivity index (χ3n) is 8.24. The normalized spacial score (nSPS) is 12.2. The van der Waals surface area contributed by atoms with Gasteiger partial charge in [0, 0.05) is 38.4 Å². The summed E-state index contributed by atoms with van der Waals surface area (Å²) in [5, 5.41) is 5.15. The monoisotopic (exact) mass is 482 g/mol. The molecule has 1 aliphatic heterocycles. The minimum absolute atomic E-state index is 1.18. The van der Waals surface area contributed by atoms with Gasteiger partial charge < -0.3 is 9.13 Å². The molecule has 0 bridgehead atoms. The summed E-state index contributed by atoms with van der Waals surface area (Å²) in [4.78, 5) is 0. The van der Waals surface area contributed by atoms with Gasteiger partial charge in [-0.2, -0.15) is 0 Å². The van der Waals surface area contributed by atoms with E-state index in [0.717, 1.165) is 0 Å². The Balaban J connectivity index is 1.65. The van der Waals surface area contributed by atoms with Gasteiger partial charge in [0.05, 0.1) is 27.8 Å². The number of hydrogen-bond donors (Lipinski definition) is 0. The molecule has 9 rings (SSSR count). The van der Waals surface area contributed by atoms with E-state index in [4.69, 9.17) is 0 Å². The largest absolute Gasteiger partial charge is 0.309 e. The van der Waals surface area contributed by atoms with Gasteiger partial charge in [-0.25, -0.2) is 0 Å². The van der Waals surface area contributed by atoms with Gasteiger partial charge in [0.1, 0.15) is 0 Å². The number of nitrogens with zero attached hydrogens (tertiary/aromatic N) is 2. The fourth-order valence-corrected chi connectivity index (χ4v) is 6.75. The number of fused-ring (bicyclic) bond motifs is 12. The molecule has 0 N–H and O–H groups in total. The van der Waals surface area contributed by atoms with E-state index in [0.29, 0.717) is 0 Å². The SMILES string of the molecule is c1ccc(-n2c3ccccc3c3cc4c5c(c6ccccc6n5-c5ccccc5-c5ccccc5-4)c32)cc1. The van der Waals surface area contributed by atoms with Gasteiger partial charge in [0.2, 0.25) is 0 Å². The van der Waals surface area contributed by atoms with Gasteiger partial charge in [0.15, 0.2) is 0 Å². The summed E-state index contributed by atoms with van der Waals surface area (Å²) in [6.07, 6.45) is 0. The van der Waals surface area contributed by atoms with Gasteiger partial charge in [-0.15, -0.1) is 0 Å². The quantitative estimate of drug-likeness (QED) is 0.220. The number of benzene rings is 6. The maximum Gasteiger partial charge on any atom is 0.0641 e. The maximum absolute atomic E-state index is 2.50. The van der Waals surface area contributed by atoms with Crippen LogP contribution < -0.4 is 0 Å². The maximum atomic E-state index is 2.50. The molecule has 176 valence electrons. The zero-order valence-electron chi connectivity index (χ0n) is 20.6. The first-order valence-corrected chi connectivity index (χ1v) is 13.1. The van der Waals surface area contributed by atoms with Crippen LogP contribution in [0.25, 0.3) is 77.2 Å². The molecule has 0 aliphatic carbocycles. The van der Waals surface area contributed by atoms with Crippen molar-refractivity contribution in [2.75, 3.05) is 0 Å². The lowest BCUT2D eigenvalue weighted by atomic mass is 9.92. The molecule has 0 fully saturated rings. The van der Waals surface area contributed by atoms with E-state index in [1.807, 2.05) is 0 Å². The van der Waals surface area contributed by atoms with Crippen LogP contribution in [0.3, 0.4) is 0 Å². The Morgan fingerprint density at radius 2 is 0.947 bits per heavy atom. The van der Waals surface area contributed by atoms with Crippen molar-refractivity contribution in [2.45, 2.75) is 0 Å². The minimum atomic E-state index is 1.18. The molecule has 0 amide bonds. The highest BCUT2D eigenvalue weighted by Crippen LogP contribution is 2.50. The molecule has 2 heteroatoms. The molecule has 1 aliphatic rings. The van der Waals surface area contributed by atoms with E-state index in [-0.39, 0.29) is 0 Å². The standard InChI is InChI=1S/C36H22N2/c1-2-12-23(13-3-1)37-31-19-9-7-17-27(31)30-22-29-25-15-5-4-14-24(25)26-16-6-10-20-32(26)38-33-21-11-8-18-28(33)34(35(30)37)36(29)38/h1-22H. The second-order valence-electron chi connectivity index (χ2n) is 10.1. The molecule has 0 spiro atoms. The summed E-state index contributed by atoms with van der Waals surface area (Å²) in [5.41, 5.74) is 12.5. The van der Waals surface area contributed by atoms with Crippen molar-refractivity contribution in [3.05, 3.63) is 133 Å². The molecule has 0 radical (unpaired) electrons. The Morgan fingerprint density at radius 1 is 0.368 bits per heavy atom. The van der Waals surface area contributed by atoms with Crippen LogP contribution in [0, 0.1) is 0 Å². The molecule has 3 heterocycles. The van der Waals surface area contributed by atoms with Gasteiger partial charge in [-0.1, -0.05) is 97.1 Å². The third kappa shape index (κ3) is 2.42. The molecule has 38 heavy (non-hydrogen) atoms. The predicted molar refractivity (Wildman–Crippen MR) is 160 cm³/mol. The number of rotatable bonds is 1. The van der Waals surface area contributed by atoms with E-state index in [1.165, 1.54) is 77.2 Å². The summed E-state index contributed by atoms with van der Waals surface area (Å²) >= 11 is 0. The lowest BCUT2D eigenvalue weighted by Crippen LogP contribution is -1.96. The van der Waals surface area contributed by atoms with Gasteiger partial charge in [0.25, 0.3) is 0 Å². The van der Waals surface area contributed by atoms with Crippen LogP contribution in [0.2, 0.25) is 0 Å². The molecule has 0 saturated heterocycles.